The van der Waals surface area contributed by atoms with Gasteiger partial charge in [0, 0.05) is 42.9 Å². The van der Waals surface area contributed by atoms with E-state index in [0.717, 1.165) is 25.7 Å². The molecule has 2 aromatic carbocycles. The lowest BCUT2D eigenvalue weighted by Gasteiger charge is -2.36. The summed E-state index contributed by atoms with van der Waals surface area (Å²) in [4.78, 5) is 16.2. The molecule has 0 spiro atoms. The van der Waals surface area contributed by atoms with E-state index in [1.165, 1.54) is 24.3 Å². The molecule has 2 aromatic rings. The average Bonchev–Trinajstić information content (AvgIpc) is 2.71. The zero-order chi connectivity index (χ0) is 21.7. The van der Waals surface area contributed by atoms with Crippen LogP contribution in [0.2, 0.25) is 0 Å². The van der Waals surface area contributed by atoms with Crippen LogP contribution in [0.4, 0.5) is 23.2 Å². The maximum atomic E-state index is 13.8. The Morgan fingerprint density at radius 2 is 1.80 bits per heavy atom. The van der Waals surface area contributed by atoms with E-state index in [1.54, 1.807) is 12.1 Å². The molecule has 30 heavy (non-hydrogen) atoms. The molecule has 1 saturated heterocycles. The van der Waals surface area contributed by atoms with E-state index in [1.807, 2.05) is 4.90 Å². The van der Waals surface area contributed by atoms with E-state index in [0.29, 0.717) is 36.2 Å². The molecule has 0 bridgehead atoms. The number of nitrogens with one attached hydrogen (secondary N) is 1. The highest BCUT2D eigenvalue weighted by atomic mass is 79.9. The number of nitrogens with zero attached hydrogens (tertiary/aromatic N) is 2. The Morgan fingerprint density at radius 3 is 2.47 bits per heavy atom. The third kappa shape index (κ3) is 5.95. The van der Waals surface area contributed by atoms with Crippen LogP contribution >= 0.6 is 15.9 Å². The van der Waals surface area contributed by atoms with Crippen molar-refractivity contribution in [3.05, 3.63) is 63.9 Å². The first kappa shape index (κ1) is 22.6. The molecule has 1 heterocycles. The van der Waals surface area contributed by atoms with Crippen molar-refractivity contribution in [3.63, 3.8) is 0 Å². The van der Waals surface area contributed by atoms with E-state index < -0.39 is 23.5 Å². The van der Waals surface area contributed by atoms with Crippen LogP contribution in [-0.2, 0) is 6.18 Å². The number of hydrogen-bond donors (Lipinski definition) is 1. The van der Waals surface area contributed by atoms with Gasteiger partial charge in [-0.2, -0.15) is 13.2 Å². The van der Waals surface area contributed by atoms with Crippen molar-refractivity contribution in [1.29, 1.82) is 0 Å². The lowest BCUT2D eigenvalue weighted by atomic mass is 10.1. The zero-order valence-electron chi connectivity index (χ0n) is 16.2. The first-order chi connectivity index (χ1) is 14.2. The Kier molecular flexibility index (Phi) is 7.36. The van der Waals surface area contributed by atoms with Crippen molar-refractivity contribution in [2.24, 2.45) is 0 Å². The van der Waals surface area contributed by atoms with Gasteiger partial charge < -0.3 is 10.2 Å². The summed E-state index contributed by atoms with van der Waals surface area (Å²) in [6.07, 6.45) is -3.64. The number of rotatable bonds is 6. The molecule has 0 unspecified atom stereocenters. The van der Waals surface area contributed by atoms with Gasteiger partial charge in [-0.1, -0.05) is 22.0 Å². The molecule has 1 aliphatic rings. The van der Waals surface area contributed by atoms with Crippen LogP contribution in [-0.4, -0.2) is 50.1 Å². The summed E-state index contributed by atoms with van der Waals surface area (Å²) in [5.74, 6) is -1.03. The summed E-state index contributed by atoms with van der Waals surface area (Å²) in [7, 11) is 0. The molecule has 1 fully saturated rings. The van der Waals surface area contributed by atoms with Gasteiger partial charge in [-0.3, -0.25) is 9.69 Å². The molecular weight excluding hydrogens is 466 g/mol. The van der Waals surface area contributed by atoms with E-state index >= 15 is 0 Å². The number of anilines is 1. The third-order valence-electron chi connectivity index (χ3n) is 5.02. The molecule has 1 N–H and O–H groups in total. The van der Waals surface area contributed by atoms with E-state index in [9.17, 15) is 22.4 Å². The Balaban J connectivity index is 1.41. The fraction of sp³-hybridized carbons (Fsp3) is 0.381. The molecular formula is C21H22BrF4N3O. The molecule has 0 atom stereocenters. The van der Waals surface area contributed by atoms with Gasteiger partial charge in [0.1, 0.15) is 5.82 Å². The maximum absolute atomic E-state index is 13.8. The van der Waals surface area contributed by atoms with Crippen molar-refractivity contribution < 1.29 is 22.4 Å². The van der Waals surface area contributed by atoms with E-state index in [-0.39, 0.29) is 5.56 Å². The molecule has 3 rings (SSSR count). The molecule has 9 heteroatoms. The molecule has 162 valence electrons. The summed E-state index contributed by atoms with van der Waals surface area (Å²) in [6.45, 7) is 3.90. The Morgan fingerprint density at radius 1 is 1.07 bits per heavy atom. The quantitative estimate of drug-likeness (QED) is 0.479. The van der Waals surface area contributed by atoms with Gasteiger partial charge in [0.2, 0.25) is 0 Å². The highest BCUT2D eigenvalue weighted by Crippen LogP contribution is 2.31. The molecule has 1 aliphatic heterocycles. The number of hydrogen-bond acceptors (Lipinski definition) is 3. The summed E-state index contributed by atoms with van der Waals surface area (Å²) in [5.41, 5.74) is -0.0541. The summed E-state index contributed by atoms with van der Waals surface area (Å²) >= 11 is 3.15. The van der Waals surface area contributed by atoms with Gasteiger partial charge >= 0.3 is 6.18 Å². The number of carbonyl (C=O) groups excluding carboxylic acids is 1. The van der Waals surface area contributed by atoms with Crippen LogP contribution in [0.1, 0.15) is 22.3 Å². The molecule has 1 amide bonds. The SMILES string of the molecule is O=C(NCCCN1CCN(c2cccc(C(F)(F)F)c2)CC1)c1ccc(Br)cc1F. The smallest absolute Gasteiger partial charge is 0.369 e. The van der Waals surface area contributed by atoms with Crippen LogP contribution < -0.4 is 10.2 Å². The fourth-order valence-electron chi connectivity index (χ4n) is 3.38. The van der Waals surface area contributed by atoms with Gasteiger partial charge in [0.05, 0.1) is 11.1 Å². The zero-order valence-corrected chi connectivity index (χ0v) is 17.8. The number of benzene rings is 2. The topological polar surface area (TPSA) is 35.6 Å². The second-order valence-corrected chi connectivity index (χ2v) is 8.03. The average molecular weight is 488 g/mol. The normalized spacial score (nSPS) is 15.3. The minimum atomic E-state index is -4.35. The number of piperazine rings is 1. The van der Waals surface area contributed by atoms with Crippen LogP contribution in [0.3, 0.4) is 0 Å². The predicted molar refractivity (Wildman–Crippen MR) is 111 cm³/mol. The van der Waals surface area contributed by atoms with Crippen LogP contribution in [0.25, 0.3) is 0 Å². The van der Waals surface area contributed by atoms with Crippen molar-refractivity contribution in [2.75, 3.05) is 44.2 Å². The second kappa shape index (κ2) is 9.78. The number of alkyl halides is 3. The fourth-order valence-corrected chi connectivity index (χ4v) is 3.72. The molecule has 0 aliphatic carbocycles. The second-order valence-electron chi connectivity index (χ2n) is 7.11. The molecule has 0 aromatic heterocycles. The van der Waals surface area contributed by atoms with E-state index in [4.69, 9.17) is 0 Å². The van der Waals surface area contributed by atoms with Crippen molar-refractivity contribution >= 4 is 27.5 Å². The number of halogens is 5. The number of carbonyl (C=O) groups is 1. The summed E-state index contributed by atoms with van der Waals surface area (Å²) in [5, 5.41) is 2.72. The van der Waals surface area contributed by atoms with Crippen molar-refractivity contribution in [1.82, 2.24) is 10.2 Å². The summed E-state index contributed by atoms with van der Waals surface area (Å²) in [6, 6.07) is 9.69. The number of amides is 1. The Hall–Kier alpha value is -2.13. The molecule has 4 nitrogen and oxygen atoms in total. The van der Waals surface area contributed by atoms with E-state index in [2.05, 4.69) is 26.1 Å². The van der Waals surface area contributed by atoms with Gasteiger partial charge in [0.15, 0.2) is 0 Å². The van der Waals surface area contributed by atoms with Gasteiger partial charge in [0.25, 0.3) is 5.91 Å². The minimum Gasteiger partial charge on any atom is -0.369 e. The Labute approximate surface area is 181 Å². The van der Waals surface area contributed by atoms with Crippen molar-refractivity contribution in [2.45, 2.75) is 12.6 Å². The Bertz CT molecular complexity index is 883. The third-order valence-corrected chi connectivity index (χ3v) is 5.52. The lowest BCUT2D eigenvalue weighted by molar-refractivity contribution is -0.137. The van der Waals surface area contributed by atoms with Crippen LogP contribution in [0.5, 0.6) is 0 Å². The standard InChI is InChI=1S/C21H22BrF4N3O/c22-16-5-6-18(19(23)14-16)20(30)27-7-2-8-28-9-11-29(12-10-28)17-4-1-3-15(13-17)21(24,25)26/h1,3-6,13-14H,2,7-12H2,(H,27,30). The highest BCUT2D eigenvalue weighted by Gasteiger charge is 2.31. The van der Waals surface area contributed by atoms with Crippen molar-refractivity contribution in [3.8, 4) is 0 Å². The predicted octanol–water partition coefficient (Wildman–Crippen LogP) is 4.55. The minimum absolute atomic E-state index is 0.00732. The summed E-state index contributed by atoms with van der Waals surface area (Å²) < 4.78 is 53.1. The lowest BCUT2D eigenvalue weighted by Crippen LogP contribution is -2.47. The first-order valence-corrected chi connectivity index (χ1v) is 10.4. The van der Waals surface area contributed by atoms with Crippen LogP contribution in [0.15, 0.2) is 46.9 Å². The van der Waals surface area contributed by atoms with Gasteiger partial charge in [-0.15, -0.1) is 0 Å². The monoisotopic (exact) mass is 487 g/mol. The largest absolute Gasteiger partial charge is 0.416 e. The maximum Gasteiger partial charge on any atom is 0.416 e. The molecule has 0 radical (unpaired) electrons. The van der Waals surface area contributed by atoms with Crippen LogP contribution in [0, 0.1) is 5.82 Å². The van der Waals surface area contributed by atoms with Gasteiger partial charge in [-0.05, 0) is 49.4 Å². The van der Waals surface area contributed by atoms with Gasteiger partial charge in [-0.25, -0.2) is 4.39 Å². The molecule has 0 saturated carbocycles. The first-order valence-electron chi connectivity index (χ1n) is 9.62. The highest BCUT2D eigenvalue weighted by molar-refractivity contribution is 9.10.